The van der Waals surface area contributed by atoms with E-state index in [2.05, 4.69) is 30.3 Å². The Morgan fingerprint density at radius 3 is 2.83 bits per heavy atom. The van der Waals surface area contributed by atoms with Crippen molar-refractivity contribution >= 4 is 0 Å². The highest BCUT2D eigenvalue weighted by Crippen LogP contribution is 2.34. The number of rotatable bonds is 6. The molecule has 0 aliphatic heterocycles. The first-order chi connectivity index (χ1) is 8.66. The zero-order valence-corrected chi connectivity index (χ0v) is 12.0. The molecule has 0 spiro atoms. The highest BCUT2D eigenvalue weighted by molar-refractivity contribution is 5.00. The van der Waals surface area contributed by atoms with Crippen molar-refractivity contribution in [2.24, 2.45) is 18.9 Å². The van der Waals surface area contributed by atoms with Crippen LogP contribution in [0.4, 0.5) is 0 Å². The van der Waals surface area contributed by atoms with Gasteiger partial charge in [0.05, 0.1) is 0 Å². The summed E-state index contributed by atoms with van der Waals surface area (Å²) in [4.78, 5) is 0. The van der Waals surface area contributed by atoms with Gasteiger partial charge in [0.15, 0.2) is 0 Å². The van der Waals surface area contributed by atoms with Crippen LogP contribution in [0, 0.1) is 11.8 Å². The first-order valence-electron chi connectivity index (χ1n) is 7.37. The molecule has 0 radical (unpaired) electrons. The molecule has 3 heteroatoms. The summed E-state index contributed by atoms with van der Waals surface area (Å²) >= 11 is 0. The first kappa shape index (κ1) is 13.6. The predicted molar refractivity (Wildman–Crippen MR) is 75.5 cm³/mol. The van der Waals surface area contributed by atoms with Crippen molar-refractivity contribution in [3.05, 3.63) is 18.0 Å². The molecule has 1 aliphatic rings. The van der Waals surface area contributed by atoms with E-state index in [1.165, 1.54) is 44.3 Å². The van der Waals surface area contributed by atoms with Gasteiger partial charge in [0.25, 0.3) is 0 Å². The second-order valence-electron chi connectivity index (χ2n) is 6.00. The summed E-state index contributed by atoms with van der Waals surface area (Å²) in [6.45, 7) is 5.67. The van der Waals surface area contributed by atoms with Gasteiger partial charge in [0, 0.05) is 25.0 Å². The molecule has 0 amide bonds. The summed E-state index contributed by atoms with van der Waals surface area (Å²) in [5.41, 5.74) is 1.37. The van der Waals surface area contributed by atoms with Gasteiger partial charge in [0.1, 0.15) is 0 Å². The van der Waals surface area contributed by atoms with Crippen LogP contribution in [0.3, 0.4) is 0 Å². The Kier molecular flexibility index (Phi) is 4.81. The molecule has 1 fully saturated rings. The van der Waals surface area contributed by atoms with Crippen LogP contribution in [0.2, 0.25) is 0 Å². The van der Waals surface area contributed by atoms with Crippen LogP contribution in [-0.2, 0) is 13.5 Å². The Morgan fingerprint density at radius 2 is 2.17 bits per heavy atom. The maximum atomic E-state index is 4.24. The topological polar surface area (TPSA) is 29.9 Å². The molecule has 2 rings (SSSR count). The molecule has 1 aromatic rings. The number of nitrogens with zero attached hydrogens (tertiary/aromatic N) is 2. The molecule has 2 unspecified atom stereocenters. The standard InChI is InChI=1S/C15H27N3/c1-12(2)16-11-14-6-4-5-13(14)7-8-15-9-10-17-18(15)3/h9-10,12-14,16H,4-8,11H2,1-3H3. The van der Waals surface area contributed by atoms with Gasteiger partial charge >= 0.3 is 0 Å². The molecule has 18 heavy (non-hydrogen) atoms. The van der Waals surface area contributed by atoms with Crippen molar-refractivity contribution in [3.63, 3.8) is 0 Å². The monoisotopic (exact) mass is 249 g/mol. The summed E-state index contributed by atoms with van der Waals surface area (Å²) in [6.07, 6.45) is 8.66. The second kappa shape index (κ2) is 6.37. The Hall–Kier alpha value is -0.830. The van der Waals surface area contributed by atoms with E-state index in [0.717, 1.165) is 11.8 Å². The molecule has 102 valence electrons. The lowest BCUT2D eigenvalue weighted by Crippen LogP contribution is -2.30. The van der Waals surface area contributed by atoms with Crippen molar-refractivity contribution in [1.82, 2.24) is 15.1 Å². The van der Waals surface area contributed by atoms with Crippen LogP contribution in [0.25, 0.3) is 0 Å². The fourth-order valence-electron chi connectivity index (χ4n) is 3.13. The Bertz CT molecular complexity index is 356. The minimum atomic E-state index is 0.614. The molecule has 1 saturated carbocycles. The molecule has 0 saturated heterocycles. The van der Waals surface area contributed by atoms with Gasteiger partial charge in [-0.05, 0) is 43.7 Å². The third kappa shape index (κ3) is 3.58. The highest BCUT2D eigenvalue weighted by Gasteiger charge is 2.26. The average Bonchev–Trinajstić information content (AvgIpc) is 2.92. The number of aryl methyl sites for hydroxylation is 2. The van der Waals surface area contributed by atoms with Crippen LogP contribution in [0.15, 0.2) is 12.3 Å². The fourth-order valence-corrected chi connectivity index (χ4v) is 3.13. The zero-order valence-electron chi connectivity index (χ0n) is 12.0. The van der Waals surface area contributed by atoms with Gasteiger partial charge in [-0.1, -0.05) is 26.7 Å². The van der Waals surface area contributed by atoms with Crippen LogP contribution in [-0.4, -0.2) is 22.4 Å². The fraction of sp³-hybridized carbons (Fsp3) is 0.800. The third-order valence-corrected chi connectivity index (χ3v) is 4.30. The van der Waals surface area contributed by atoms with Crippen LogP contribution >= 0.6 is 0 Å². The highest BCUT2D eigenvalue weighted by atomic mass is 15.2. The van der Waals surface area contributed by atoms with E-state index in [1.807, 2.05) is 17.9 Å². The van der Waals surface area contributed by atoms with E-state index in [0.29, 0.717) is 6.04 Å². The van der Waals surface area contributed by atoms with Crippen molar-refractivity contribution in [2.75, 3.05) is 6.54 Å². The molecule has 1 aromatic heterocycles. The minimum Gasteiger partial charge on any atom is -0.314 e. The summed E-state index contributed by atoms with van der Waals surface area (Å²) in [5, 5.41) is 7.85. The predicted octanol–water partition coefficient (Wildman–Crippen LogP) is 2.77. The summed E-state index contributed by atoms with van der Waals surface area (Å²) in [5.74, 6) is 1.80. The first-order valence-corrected chi connectivity index (χ1v) is 7.37. The van der Waals surface area contributed by atoms with E-state index < -0.39 is 0 Å². The smallest absolute Gasteiger partial charge is 0.0492 e. The Balaban J connectivity index is 1.79. The van der Waals surface area contributed by atoms with Crippen molar-refractivity contribution < 1.29 is 0 Å². The van der Waals surface area contributed by atoms with Gasteiger partial charge in [-0.3, -0.25) is 4.68 Å². The zero-order chi connectivity index (χ0) is 13.0. The average molecular weight is 249 g/mol. The number of aromatic nitrogens is 2. The van der Waals surface area contributed by atoms with Gasteiger partial charge in [0.2, 0.25) is 0 Å². The SMILES string of the molecule is CC(C)NCC1CCCC1CCc1ccnn1C. The van der Waals surface area contributed by atoms with Crippen molar-refractivity contribution in [3.8, 4) is 0 Å². The Labute approximate surface area is 111 Å². The van der Waals surface area contributed by atoms with E-state index in [4.69, 9.17) is 0 Å². The summed E-state index contributed by atoms with van der Waals surface area (Å²) in [6, 6.07) is 2.76. The normalized spacial score (nSPS) is 24.0. The van der Waals surface area contributed by atoms with Crippen molar-refractivity contribution in [2.45, 2.75) is 52.0 Å². The molecule has 1 heterocycles. The summed E-state index contributed by atoms with van der Waals surface area (Å²) < 4.78 is 2.01. The lowest BCUT2D eigenvalue weighted by molar-refractivity contribution is 0.336. The van der Waals surface area contributed by atoms with Gasteiger partial charge in [-0.2, -0.15) is 5.10 Å². The van der Waals surface area contributed by atoms with E-state index in [-0.39, 0.29) is 0 Å². The molecular formula is C15H27N3. The van der Waals surface area contributed by atoms with E-state index in [9.17, 15) is 0 Å². The molecule has 2 atom stereocenters. The van der Waals surface area contributed by atoms with Gasteiger partial charge in [-0.25, -0.2) is 0 Å². The Morgan fingerprint density at radius 1 is 1.39 bits per heavy atom. The van der Waals surface area contributed by atoms with Crippen molar-refractivity contribution in [1.29, 1.82) is 0 Å². The lowest BCUT2D eigenvalue weighted by Gasteiger charge is -2.21. The van der Waals surface area contributed by atoms with Crippen LogP contribution < -0.4 is 5.32 Å². The molecule has 3 nitrogen and oxygen atoms in total. The van der Waals surface area contributed by atoms with E-state index in [1.54, 1.807) is 0 Å². The lowest BCUT2D eigenvalue weighted by atomic mass is 9.90. The van der Waals surface area contributed by atoms with Crippen LogP contribution in [0.5, 0.6) is 0 Å². The molecule has 0 aromatic carbocycles. The van der Waals surface area contributed by atoms with Crippen LogP contribution in [0.1, 0.15) is 45.2 Å². The van der Waals surface area contributed by atoms with E-state index >= 15 is 0 Å². The third-order valence-electron chi connectivity index (χ3n) is 4.30. The summed E-state index contributed by atoms with van der Waals surface area (Å²) in [7, 11) is 2.04. The number of nitrogens with one attached hydrogen (secondary N) is 1. The van der Waals surface area contributed by atoms with Gasteiger partial charge < -0.3 is 5.32 Å². The molecule has 1 N–H and O–H groups in total. The number of hydrogen-bond acceptors (Lipinski definition) is 2. The number of hydrogen-bond donors (Lipinski definition) is 1. The van der Waals surface area contributed by atoms with Gasteiger partial charge in [-0.15, -0.1) is 0 Å². The maximum Gasteiger partial charge on any atom is 0.0492 e. The molecule has 1 aliphatic carbocycles. The quantitative estimate of drug-likeness (QED) is 0.840. The second-order valence-corrected chi connectivity index (χ2v) is 6.00. The molecular weight excluding hydrogens is 222 g/mol. The maximum absolute atomic E-state index is 4.24. The largest absolute Gasteiger partial charge is 0.314 e. The molecule has 0 bridgehead atoms. The minimum absolute atomic E-state index is 0.614.